The number of carbonyl (C=O) groups is 1. The molecule has 1 rings (SSSR count). The molecule has 0 aliphatic heterocycles. The van der Waals surface area contributed by atoms with Crippen LogP contribution in [0.25, 0.3) is 0 Å². The van der Waals surface area contributed by atoms with Gasteiger partial charge in [0, 0.05) is 18.9 Å². The molecule has 0 unspecified atom stereocenters. The summed E-state index contributed by atoms with van der Waals surface area (Å²) in [6.07, 6.45) is 1.75. The van der Waals surface area contributed by atoms with Crippen molar-refractivity contribution in [2.45, 2.75) is 19.8 Å². The number of carbonyl (C=O) groups excluding carboxylic acids is 1. The van der Waals surface area contributed by atoms with Crippen molar-refractivity contribution in [3.8, 4) is 5.75 Å². The van der Waals surface area contributed by atoms with E-state index < -0.39 is 0 Å². The van der Waals surface area contributed by atoms with E-state index in [1.54, 1.807) is 11.8 Å². The van der Waals surface area contributed by atoms with Gasteiger partial charge < -0.3 is 15.2 Å². The summed E-state index contributed by atoms with van der Waals surface area (Å²) >= 11 is 1.72. The number of aliphatic hydroxyl groups is 1. The highest BCUT2D eigenvalue weighted by Crippen LogP contribution is 2.13. The molecule has 0 heterocycles. The quantitative estimate of drug-likeness (QED) is 0.647. The number of amides is 1. The van der Waals surface area contributed by atoms with Gasteiger partial charge in [-0.15, -0.1) is 0 Å². The first-order valence-electron chi connectivity index (χ1n) is 6.93. The van der Waals surface area contributed by atoms with Crippen molar-refractivity contribution < 1.29 is 14.6 Å². The van der Waals surface area contributed by atoms with Crippen LogP contribution in [-0.2, 0) is 11.2 Å². The lowest BCUT2D eigenvalue weighted by Gasteiger charge is -2.08. The molecule has 0 saturated heterocycles. The van der Waals surface area contributed by atoms with E-state index in [4.69, 9.17) is 9.84 Å². The zero-order valence-corrected chi connectivity index (χ0v) is 12.7. The van der Waals surface area contributed by atoms with Gasteiger partial charge in [0.05, 0.1) is 0 Å². The molecule has 0 aliphatic carbocycles. The van der Waals surface area contributed by atoms with E-state index in [9.17, 15) is 4.79 Å². The minimum Gasteiger partial charge on any atom is -0.484 e. The van der Waals surface area contributed by atoms with Gasteiger partial charge in [-0.1, -0.05) is 19.1 Å². The number of nitrogens with one attached hydrogen (secondary N) is 1. The maximum absolute atomic E-state index is 11.6. The molecule has 20 heavy (non-hydrogen) atoms. The van der Waals surface area contributed by atoms with E-state index in [1.165, 1.54) is 5.56 Å². The zero-order valence-electron chi connectivity index (χ0n) is 11.9. The summed E-state index contributed by atoms with van der Waals surface area (Å²) in [7, 11) is 0. The lowest BCUT2D eigenvalue weighted by molar-refractivity contribution is -0.122. The van der Waals surface area contributed by atoms with Crippen LogP contribution in [-0.4, -0.2) is 42.3 Å². The maximum atomic E-state index is 11.6. The van der Waals surface area contributed by atoms with Crippen LogP contribution in [0.5, 0.6) is 5.75 Å². The summed E-state index contributed by atoms with van der Waals surface area (Å²) in [6.45, 7) is 2.99. The third-order valence-electron chi connectivity index (χ3n) is 2.69. The van der Waals surface area contributed by atoms with Crippen molar-refractivity contribution in [1.82, 2.24) is 5.32 Å². The molecule has 1 aromatic rings. The number of hydrogen-bond donors (Lipinski definition) is 2. The van der Waals surface area contributed by atoms with Gasteiger partial charge in [-0.25, -0.2) is 0 Å². The van der Waals surface area contributed by atoms with Crippen LogP contribution in [0.15, 0.2) is 24.3 Å². The lowest BCUT2D eigenvalue weighted by atomic mass is 10.2. The van der Waals surface area contributed by atoms with Crippen LogP contribution in [0.1, 0.15) is 18.9 Å². The van der Waals surface area contributed by atoms with E-state index >= 15 is 0 Å². The summed E-state index contributed by atoms with van der Waals surface area (Å²) < 4.78 is 5.45. The number of hydrogen-bond acceptors (Lipinski definition) is 4. The fourth-order valence-corrected chi connectivity index (χ4v) is 2.37. The van der Waals surface area contributed by atoms with Gasteiger partial charge in [0.2, 0.25) is 0 Å². The van der Waals surface area contributed by atoms with Gasteiger partial charge in [-0.2, -0.15) is 11.8 Å². The summed E-state index contributed by atoms with van der Waals surface area (Å²) in [5.41, 5.74) is 1.20. The summed E-state index contributed by atoms with van der Waals surface area (Å²) in [6, 6.07) is 7.79. The number of aliphatic hydroxyl groups excluding tert-OH is 1. The Hall–Kier alpha value is -1.20. The van der Waals surface area contributed by atoms with E-state index in [0.717, 1.165) is 30.1 Å². The summed E-state index contributed by atoms with van der Waals surface area (Å²) in [5, 5.41) is 11.4. The van der Waals surface area contributed by atoms with Crippen LogP contribution >= 0.6 is 11.8 Å². The molecule has 0 fully saturated rings. The van der Waals surface area contributed by atoms with Crippen LogP contribution in [0, 0.1) is 0 Å². The number of rotatable bonds is 10. The Labute approximate surface area is 124 Å². The zero-order chi connectivity index (χ0) is 14.6. The molecule has 0 spiro atoms. The first-order valence-corrected chi connectivity index (χ1v) is 8.08. The van der Waals surface area contributed by atoms with E-state index in [-0.39, 0.29) is 19.1 Å². The number of ether oxygens (including phenoxy) is 1. The molecule has 0 saturated carbocycles. The maximum Gasteiger partial charge on any atom is 0.257 e. The van der Waals surface area contributed by atoms with Crippen molar-refractivity contribution in [3.63, 3.8) is 0 Å². The van der Waals surface area contributed by atoms with Gasteiger partial charge >= 0.3 is 0 Å². The number of benzene rings is 1. The number of aryl methyl sites for hydroxylation is 1. The Balaban J connectivity index is 2.13. The molecule has 0 aliphatic rings. The third-order valence-corrected chi connectivity index (χ3v) is 3.76. The van der Waals surface area contributed by atoms with Gasteiger partial charge in [-0.05, 0) is 36.3 Å². The SMILES string of the molecule is CCc1cccc(OCC(=O)NCCSCCCO)c1. The van der Waals surface area contributed by atoms with E-state index in [0.29, 0.717) is 6.54 Å². The Morgan fingerprint density at radius 2 is 2.25 bits per heavy atom. The Kier molecular flexibility index (Phi) is 8.91. The second kappa shape index (κ2) is 10.6. The largest absolute Gasteiger partial charge is 0.484 e. The molecule has 4 nitrogen and oxygen atoms in total. The van der Waals surface area contributed by atoms with Gasteiger partial charge in [0.15, 0.2) is 6.61 Å². The van der Waals surface area contributed by atoms with Crippen molar-refractivity contribution in [2.24, 2.45) is 0 Å². The predicted octanol–water partition coefficient (Wildman–Crippen LogP) is 1.86. The average Bonchev–Trinajstić information content (AvgIpc) is 2.49. The third kappa shape index (κ3) is 7.40. The molecule has 112 valence electrons. The molecule has 1 amide bonds. The highest BCUT2D eigenvalue weighted by molar-refractivity contribution is 7.99. The monoisotopic (exact) mass is 297 g/mol. The standard InChI is InChI=1S/C15H23NO3S/c1-2-13-5-3-6-14(11-13)19-12-15(18)16-7-10-20-9-4-8-17/h3,5-6,11,17H,2,4,7-10,12H2,1H3,(H,16,18). The van der Waals surface area contributed by atoms with Crippen molar-refractivity contribution in [3.05, 3.63) is 29.8 Å². The Morgan fingerprint density at radius 1 is 1.40 bits per heavy atom. The van der Waals surface area contributed by atoms with E-state index in [1.807, 2.05) is 24.3 Å². The van der Waals surface area contributed by atoms with Crippen LogP contribution in [0.4, 0.5) is 0 Å². The van der Waals surface area contributed by atoms with Gasteiger partial charge in [-0.3, -0.25) is 4.79 Å². The molecule has 2 N–H and O–H groups in total. The minimum absolute atomic E-state index is 0.0501. The molecule has 0 bridgehead atoms. The minimum atomic E-state index is -0.102. The Morgan fingerprint density at radius 3 is 3.00 bits per heavy atom. The van der Waals surface area contributed by atoms with Crippen molar-refractivity contribution in [1.29, 1.82) is 0 Å². The fraction of sp³-hybridized carbons (Fsp3) is 0.533. The molecule has 0 atom stereocenters. The predicted molar refractivity (Wildman–Crippen MR) is 83.4 cm³/mol. The van der Waals surface area contributed by atoms with Crippen LogP contribution in [0.2, 0.25) is 0 Å². The normalized spacial score (nSPS) is 10.3. The van der Waals surface area contributed by atoms with Gasteiger partial charge in [0.1, 0.15) is 5.75 Å². The summed E-state index contributed by atoms with van der Waals surface area (Å²) in [4.78, 5) is 11.6. The highest BCUT2D eigenvalue weighted by atomic mass is 32.2. The average molecular weight is 297 g/mol. The van der Waals surface area contributed by atoms with Gasteiger partial charge in [0.25, 0.3) is 5.91 Å². The highest BCUT2D eigenvalue weighted by Gasteiger charge is 2.02. The molecular formula is C15H23NO3S. The second-order valence-electron chi connectivity index (χ2n) is 4.33. The Bertz CT molecular complexity index is 398. The first-order chi connectivity index (χ1) is 9.76. The molecule has 5 heteroatoms. The molecule has 1 aromatic carbocycles. The smallest absolute Gasteiger partial charge is 0.257 e. The van der Waals surface area contributed by atoms with Crippen LogP contribution in [0.3, 0.4) is 0 Å². The lowest BCUT2D eigenvalue weighted by Crippen LogP contribution is -2.30. The first kappa shape index (κ1) is 16.9. The topological polar surface area (TPSA) is 58.6 Å². The van der Waals surface area contributed by atoms with E-state index in [2.05, 4.69) is 12.2 Å². The van der Waals surface area contributed by atoms with Crippen molar-refractivity contribution in [2.75, 3.05) is 31.3 Å². The molecule has 0 aromatic heterocycles. The van der Waals surface area contributed by atoms with Crippen molar-refractivity contribution >= 4 is 17.7 Å². The second-order valence-corrected chi connectivity index (χ2v) is 5.55. The molecule has 0 radical (unpaired) electrons. The number of thioether (sulfide) groups is 1. The fourth-order valence-electron chi connectivity index (χ4n) is 1.59. The van der Waals surface area contributed by atoms with Crippen LogP contribution < -0.4 is 10.1 Å². The summed E-state index contributed by atoms with van der Waals surface area (Å²) in [5.74, 6) is 2.41. The molecular weight excluding hydrogens is 274 g/mol.